The van der Waals surface area contributed by atoms with E-state index < -0.39 is 5.97 Å². The van der Waals surface area contributed by atoms with E-state index in [1.165, 1.54) is 0 Å². The Hall–Kier alpha value is -2.30. The summed E-state index contributed by atoms with van der Waals surface area (Å²) in [7, 11) is 0. The topological polar surface area (TPSA) is 57.7 Å². The molecule has 1 aromatic heterocycles. The average Bonchev–Trinajstić information content (AvgIpc) is 2.45. The summed E-state index contributed by atoms with van der Waals surface area (Å²) >= 11 is 0. The van der Waals surface area contributed by atoms with Crippen molar-refractivity contribution in [2.45, 2.75) is 33.8 Å². The second-order valence-electron chi connectivity index (χ2n) is 5.17. The van der Waals surface area contributed by atoms with Crippen LogP contribution in [-0.2, 0) is 9.53 Å². The zero-order chi connectivity index (χ0) is 16.1. The van der Waals surface area contributed by atoms with Crippen molar-refractivity contribution in [3.63, 3.8) is 0 Å². The highest BCUT2D eigenvalue weighted by molar-refractivity contribution is 5.90. The molecule has 0 fully saturated rings. The minimum Gasteiger partial charge on any atom is -0.492 e. The Morgan fingerprint density at radius 2 is 2.00 bits per heavy atom. The molecule has 0 amide bonds. The van der Waals surface area contributed by atoms with Gasteiger partial charge in [-0.25, -0.2) is 9.78 Å². The fraction of sp³-hybridized carbons (Fsp3) is 0.412. The van der Waals surface area contributed by atoms with Crippen LogP contribution in [-0.4, -0.2) is 30.3 Å². The highest BCUT2D eigenvalue weighted by Crippen LogP contribution is 2.31. The molecule has 2 aromatic rings. The maximum Gasteiger partial charge on any atom is 0.344 e. The lowest BCUT2D eigenvalue weighted by atomic mass is 10.1. The number of carbonyl (C=O) groups is 1. The Kier molecular flexibility index (Phi) is 5.20. The summed E-state index contributed by atoms with van der Waals surface area (Å²) in [5.74, 6) is 0.918. The smallest absolute Gasteiger partial charge is 0.344 e. The minimum absolute atomic E-state index is 0.129. The van der Waals surface area contributed by atoms with Crippen molar-refractivity contribution in [3.05, 3.63) is 30.0 Å². The number of hydrogen-bond donors (Lipinski definition) is 0. The zero-order valence-corrected chi connectivity index (χ0v) is 13.4. The predicted octanol–water partition coefficient (Wildman–Crippen LogP) is 3.27. The molecule has 0 N–H and O–H groups in total. The van der Waals surface area contributed by atoms with E-state index >= 15 is 0 Å². The van der Waals surface area contributed by atoms with E-state index in [9.17, 15) is 4.79 Å². The predicted molar refractivity (Wildman–Crippen MR) is 84.4 cm³/mol. The van der Waals surface area contributed by atoms with E-state index in [4.69, 9.17) is 14.2 Å². The van der Waals surface area contributed by atoms with Crippen LogP contribution < -0.4 is 9.47 Å². The summed E-state index contributed by atoms with van der Waals surface area (Å²) in [4.78, 5) is 16.1. The first-order valence-corrected chi connectivity index (χ1v) is 7.36. The van der Waals surface area contributed by atoms with Gasteiger partial charge in [0.15, 0.2) is 6.61 Å². The second kappa shape index (κ2) is 7.11. The quantitative estimate of drug-likeness (QED) is 0.767. The Morgan fingerprint density at radius 3 is 2.68 bits per heavy atom. The van der Waals surface area contributed by atoms with Gasteiger partial charge in [0.05, 0.1) is 12.7 Å². The fourth-order valence-corrected chi connectivity index (χ4v) is 2.14. The van der Waals surface area contributed by atoms with Crippen LogP contribution in [0.1, 0.15) is 26.5 Å². The summed E-state index contributed by atoms with van der Waals surface area (Å²) < 4.78 is 16.3. The third kappa shape index (κ3) is 3.87. The lowest BCUT2D eigenvalue weighted by Gasteiger charge is -2.13. The first kappa shape index (κ1) is 16.1. The number of para-hydroxylation sites is 1. The number of pyridine rings is 1. The van der Waals surface area contributed by atoms with Gasteiger partial charge in [-0.1, -0.05) is 6.07 Å². The molecule has 0 aliphatic heterocycles. The third-order valence-electron chi connectivity index (χ3n) is 2.91. The third-order valence-corrected chi connectivity index (χ3v) is 2.91. The molecule has 0 atom stereocenters. The molecule has 1 heterocycles. The average molecular weight is 303 g/mol. The van der Waals surface area contributed by atoms with E-state index in [0.717, 1.165) is 16.6 Å². The summed E-state index contributed by atoms with van der Waals surface area (Å²) in [5.41, 5.74) is 1.53. The Bertz CT molecular complexity index is 667. The van der Waals surface area contributed by atoms with E-state index in [1.807, 2.05) is 32.0 Å². The summed E-state index contributed by atoms with van der Waals surface area (Å²) in [6.07, 6.45) is -0.156. The zero-order valence-electron chi connectivity index (χ0n) is 13.4. The van der Waals surface area contributed by atoms with Gasteiger partial charge in [0.1, 0.15) is 17.0 Å². The Morgan fingerprint density at radius 1 is 1.23 bits per heavy atom. The maximum absolute atomic E-state index is 11.6. The Labute approximate surface area is 130 Å². The molecule has 118 valence electrons. The molecule has 0 saturated carbocycles. The molecule has 0 unspecified atom stereocenters. The van der Waals surface area contributed by atoms with E-state index in [0.29, 0.717) is 18.1 Å². The molecule has 0 bridgehead atoms. The fourth-order valence-electron chi connectivity index (χ4n) is 2.14. The van der Waals surface area contributed by atoms with Crippen molar-refractivity contribution < 1.29 is 19.0 Å². The SMILES string of the molecule is CCOc1cccc2c(OCC(=O)OC(C)C)cc(C)nc12. The molecule has 5 nitrogen and oxygen atoms in total. The molecule has 0 radical (unpaired) electrons. The Balaban J connectivity index is 2.29. The number of esters is 1. The van der Waals surface area contributed by atoms with Gasteiger partial charge in [-0.15, -0.1) is 0 Å². The van der Waals surface area contributed by atoms with Crippen molar-refractivity contribution in [1.82, 2.24) is 4.98 Å². The van der Waals surface area contributed by atoms with Crippen LogP contribution in [0.15, 0.2) is 24.3 Å². The number of rotatable bonds is 6. The number of fused-ring (bicyclic) bond motifs is 1. The van der Waals surface area contributed by atoms with E-state index in [1.54, 1.807) is 19.9 Å². The van der Waals surface area contributed by atoms with Crippen LogP contribution in [0.3, 0.4) is 0 Å². The highest BCUT2D eigenvalue weighted by Gasteiger charge is 2.12. The van der Waals surface area contributed by atoms with Crippen LogP contribution in [0, 0.1) is 6.92 Å². The maximum atomic E-state index is 11.6. The largest absolute Gasteiger partial charge is 0.492 e. The molecule has 5 heteroatoms. The standard InChI is InChI=1S/C17H21NO4/c1-5-20-14-8-6-7-13-15(9-12(4)18-17(13)14)21-10-16(19)22-11(2)3/h6-9,11H,5,10H2,1-4H3. The van der Waals surface area contributed by atoms with Crippen LogP contribution in [0.4, 0.5) is 0 Å². The lowest BCUT2D eigenvalue weighted by molar-refractivity contribution is -0.149. The van der Waals surface area contributed by atoms with Crippen molar-refractivity contribution in [1.29, 1.82) is 0 Å². The number of ether oxygens (including phenoxy) is 3. The molecule has 0 aliphatic carbocycles. The second-order valence-corrected chi connectivity index (χ2v) is 5.17. The first-order chi connectivity index (χ1) is 10.5. The number of nitrogens with zero attached hydrogens (tertiary/aromatic N) is 1. The van der Waals surface area contributed by atoms with Crippen molar-refractivity contribution in [2.24, 2.45) is 0 Å². The highest BCUT2D eigenvalue weighted by atomic mass is 16.6. The summed E-state index contributed by atoms with van der Waals surface area (Å²) in [6, 6.07) is 7.45. The van der Waals surface area contributed by atoms with Gasteiger partial charge in [0.2, 0.25) is 0 Å². The molecule has 0 saturated heterocycles. The van der Waals surface area contributed by atoms with Crippen molar-refractivity contribution in [2.75, 3.05) is 13.2 Å². The van der Waals surface area contributed by atoms with Gasteiger partial charge < -0.3 is 14.2 Å². The van der Waals surface area contributed by atoms with Gasteiger partial charge in [0.25, 0.3) is 0 Å². The van der Waals surface area contributed by atoms with Gasteiger partial charge in [-0.3, -0.25) is 0 Å². The normalized spacial score (nSPS) is 10.8. The molecule has 22 heavy (non-hydrogen) atoms. The molecular formula is C17H21NO4. The van der Waals surface area contributed by atoms with Gasteiger partial charge >= 0.3 is 5.97 Å². The minimum atomic E-state index is -0.390. The van der Waals surface area contributed by atoms with Gasteiger partial charge in [-0.05, 0) is 39.8 Å². The molecule has 0 spiro atoms. The first-order valence-electron chi connectivity index (χ1n) is 7.36. The van der Waals surface area contributed by atoms with Crippen molar-refractivity contribution in [3.8, 4) is 11.5 Å². The monoisotopic (exact) mass is 303 g/mol. The van der Waals surface area contributed by atoms with Crippen LogP contribution in [0.25, 0.3) is 10.9 Å². The summed E-state index contributed by atoms with van der Waals surface area (Å²) in [6.45, 7) is 7.84. The van der Waals surface area contributed by atoms with Crippen LogP contribution >= 0.6 is 0 Å². The molecule has 2 rings (SSSR count). The number of aryl methyl sites for hydroxylation is 1. The molecular weight excluding hydrogens is 282 g/mol. The van der Waals surface area contributed by atoms with Gasteiger partial charge in [0, 0.05) is 17.1 Å². The van der Waals surface area contributed by atoms with E-state index in [-0.39, 0.29) is 12.7 Å². The van der Waals surface area contributed by atoms with E-state index in [2.05, 4.69) is 4.98 Å². The molecule has 1 aromatic carbocycles. The number of carbonyl (C=O) groups excluding carboxylic acids is 1. The number of hydrogen-bond acceptors (Lipinski definition) is 5. The molecule has 0 aliphatic rings. The number of benzene rings is 1. The number of aromatic nitrogens is 1. The van der Waals surface area contributed by atoms with Gasteiger partial charge in [-0.2, -0.15) is 0 Å². The van der Waals surface area contributed by atoms with Crippen LogP contribution in [0.2, 0.25) is 0 Å². The summed E-state index contributed by atoms with van der Waals surface area (Å²) in [5, 5.41) is 0.814. The lowest BCUT2D eigenvalue weighted by Crippen LogP contribution is -2.18. The van der Waals surface area contributed by atoms with Crippen LogP contribution in [0.5, 0.6) is 11.5 Å². The van der Waals surface area contributed by atoms with Crippen molar-refractivity contribution >= 4 is 16.9 Å².